The number of benzene rings is 1. The smallest absolute Gasteiger partial charge is 0.256 e. The summed E-state index contributed by atoms with van der Waals surface area (Å²) in [4.78, 5) is 25.5. The lowest BCUT2D eigenvalue weighted by molar-refractivity contribution is -0.121. The lowest BCUT2D eigenvalue weighted by Gasteiger charge is -2.23. The molecule has 0 radical (unpaired) electrons. The highest BCUT2D eigenvalue weighted by Gasteiger charge is 2.21. The first-order chi connectivity index (χ1) is 9.63. The second kappa shape index (κ2) is 6.41. The van der Waals surface area contributed by atoms with Gasteiger partial charge in [-0.25, -0.2) is 0 Å². The molecule has 0 saturated heterocycles. The van der Waals surface area contributed by atoms with Gasteiger partial charge in [-0.15, -0.1) is 0 Å². The van der Waals surface area contributed by atoms with Crippen molar-refractivity contribution in [2.75, 3.05) is 32.0 Å². The highest BCUT2D eigenvalue weighted by molar-refractivity contribution is 6.01. The van der Waals surface area contributed by atoms with E-state index in [-0.39, 0.29) is 18.4 Å². The van der Waals surface area contributed by atoms with E-state index < -0.39 is 0 Å². The van der Waals surface area contributed by atoms with Crippen LogP contribution in [0.15, 0.2) is 18.2 Å². The third kappa shape index (κ3) is 3.10. The number of para-hydroxylation sites is 1. The molecule has 0 spiro atoms. The Kier molecular flexibility index (Phi) is 4.61. The summed E-state index contributed by atoms with van der Waals surface area (Å²) in [6.07, 6.45) is 2.07. The van der Waals surface area contributed by atoms with Gasteiger partial charge in [-0.3, -0.25) is 9.59 Å². The average molecular weight is 275 g/mol. The lowest BCUT2D eigenvalue weighted by atomic mass is 9.99. The minimum absolute atomic E-state index is 0.0797. The van der Waals surface area contributed by atoms with Crippen LogP contribution in [0, 0.1) is 0 Å². The summed E-state index contributed by atoms with van der Waals surface area (Å²) < 4.78 is 0. The highest BCUT2D eigenvalue weighted by atomic mass is 16.2. The topological polar surface area (TPSA) is 61.4 Å². The Labute approximate surface area is 119 Å². The summed E-state index contributed by atoms with van der Waals surface area (Å²) in [5, 5.41) is 5.99. The van der Waals surface area contributed by atoms with Gasteiger partial charge in [-0.2, -0.15) is 0 Å². The van der Waals surface area contributed by atoms with Crippen LogP contribution in [-0.4, -0.2) is 43.4 Å². The van der Waals surface area contributed by atoms with Gasteiger partial charge in [0.25, 0.3) is 5.91 Å². The van der Waals surface area contributed by atoms with Crippen molar-refractivity contribution < 1.29 is 9.59 Å². The number of hydrogen-bond acceptors (Lipinski definition) is 3. The van der Waals surface area contributed by atoms with Crippen LogP contribution in [0.25, 0.3) is 0 Å². The molecule has 2 rings (SSSR count). The SMILES string of the molecule is CCNC(=O)CN(C)C(=O)c1cccc2c1NCCC2. The number of nitrogens with one attached hydrogen (secondary N) is 2. The molecule has 108 valence electrons. The van der Waals surface area contributed by atoms with Crippen LogP contribution in [0.5, 0.6) is 0 Å². The Hall–Kier alpha value is -2.04. The van der Waals surface area contributed by atoms with Crippen LogP contribution < -0.4 is 10.6 Å². The summed E-state index contributed by atoms with van der Waals surface area (Å²) in [6.45, 7) is 3.40. The summed E-state index contributed by atoms with van der Waals surface area (Å²) in [5.41, 5.74) is 2.74. The Morgan fingerprint density at radius 3 is 2.95 bits per heavy atom. The van der Waals surface area contributed by atoms with Gasteiger partial charge >= 0.3 is 0 Å². The predicted molar refractivity (Wildman–Crippen MR) is 78.9 cm³/mol. The molecule has 5 nitrogen and oxygen atoms in total. The van der Waals surface area contributed by atoms with E-state index in [1.807, 2.05) is 25.1 Å². The summed E-state index contributed by atoms with van der Waals surface area (Å²) in [5.74, 6) is -0.261. The van der Waals surface area contributed by atoms with Crippen LogP contribution in [-0.2, 0) is 11.2 Å². The number of rotatable bonds is 4. The highest BCUT2D eigenvalue weighted by Crippen LogP contribution is 2.26. The first kappa shape index (κ1) is 14.4. The van der Waals surface area contributed by atoms with E-state index in [1.165, 1.54) is 10.5 Å². The monoisotopic (exact) mass is 275 g/mol. The Morgan fingerprint density at radius 2 is 2.20 bits per heavy atom. The third-order valence-corrected chi connectivity index (χ3v) is 3.41. The van der Waals surface area contributed by atoms with E-state index in [4.69, 9.17) is 0 Å². The molecule has 0 saturated carbocycles. The zero-order valence-electron chi connectivity index (χ0n) is 12.0. The van der Waals surface area contributed by atoms with Gasteiger partial charge in [0.05, 0.1) is 17.8 Å². The van der Waals surface area contributed by atoms with Crippen molar-refractivity contribution in [2.24, 2.45) is 0 Å². The van der Waals surface area contributed by atoms with Gasteiger partial charge in [-0.05, 0) is 31.4 Å². The molecule has 1 aliphatic heterocycles. The molecular formula is C15H21N3O2. The molecule has 0 aliphatic carbocycles. The Bertz CT molecular complexity index is 514. The molecule has 2 amide bonds. The Balaban J connectivity index is 2.14. The zero-order valence-corrected chi connectivity index (χ0v) is 12.0. The second-order valence-corrected chi connectivity index (χ2v) is 4.98. The number of aryl methyl sites for hydroxylation is 1. The van der Waals surface area contributed by atoms with Gasteiger partial charge < -0.3 is 15.5 Å². The molecule has 0 unspecified atom stereocenters. The standard InChI is InChI=1S/C15H21N3O2/c1-3-16-13(19)10-18(2)15(20)12-8-4-6-11-7-5-9-17-14(11)12/h4,6,8,17H,3,5,7,9-10H2,1-2H3,(H,16,19). The van der Waals surface area contributed by atoms with E-state index >= 15 is 0 Å². The molecule has 1 aromatic rings. The fourth-order valence-corrected chi connectivity index (χ4v) is 2.43. The molecule has 0 bridgehead atoms. The van der Waals surface area contributed by atoms with Crippen molar-refractivity contribution in [3.8, 4) is 0 Å². The molecule has 5 heteroatoms. The van der Waals surface area contributed by atoms with Crippen LogP contribution in [0.4, 0.5) is 5.69 Å². The van der Waals surface area contributed by atoms with Crippen molar-refractivity contribution in [3.63, 3.8) is 0 Å². The van der Waals surface area contributed by atoms with E-state index in [0.717, 1.165) is 25.1 Å². The van der Waals surface area contributed by atoms with Crippen molar-refractivity contribution in [1.29, 1.82) is 0 Å². The van der Waals surface area contributed by atoms with Crippen molar-refractivity contribution in [2.45, 2.75) is 19.8 Å². The minimum atomic E-state index is -0.138. The largest absolute Gasteiger partial charge is 0.384 e. The maximum Gasteiger partial charge on any atom is 0.256 e. The zero-order chi connectivity index (χ0) is 14.5. The van der Waals surface area contributed by atoms with Gasteiger partial charge in [-0.1, -0.05) is 12.1 Å². The fourth-order valence-electron chi connectivity index (χ4n) is 2.43. The molecule has 1 aromatic carbocycles. The molecular weight excluding hydrogens is 254 g/mol. The quantitative estimate of drug-likeness (QED) is 0.869. The van der Waals surface area contributed by atoms with Gasteiger partial charge in [0.15, 0.2) is 0 Å². The predicted octanol–water partition coefficient (Wildman–Crippen LogP) is 1.25. The van der Waals surface area contributed by atoms with Gasteiger partial charge in [0.1, 0.15) is 0 Å². The van der Waals surface area contributed by atoms with Crippen LogP contribution in [0.1, 0.15) is 29.3 Å². The van der Waals surface area contributed by atoms with Gasteiger partial charge in [0, 0.05) is 20.1 Å². The number of hydrogen-bond donors (Lipinski definition) is 2. The van der Waals surface area contributed by atoms with Crippen LogP contribution >= 0.6 is 0 Å². The number of anilines is 1. The second-order valence-electron chi connectivity index (χ2n) is 4.98. The summed E-state index contributed by atoms with van der Waals surface area (Å²) in [7, 11) is 1.65. The van der Waals surface area contributed by atoms with Crippen molar-refractivity contribution in [3.05, 3.63) is 29.3 Å². The third-order valence-electron chi connectivity index (χ3n) is 3.41. The Morgan fingerprint density at radius 1 is 1.40 bits per heavy atom. The summed E-state index contributed by atoms with van der Waals surface area (Å²) >= 11 is 0. The molecule has 0 fully saturated rings. The molecule has 0 atom stereocenters. The normalized spacial score (nSPS) is 13.1. The van der Waals surface area contributed by atoms with E-state index in [2.05, 4.69) is 10.6 Å². The first-order valence-electron chi connectivity index (χ1n) is 7.01. The maximum absolute atomic E-state index is 12.5. The molecule has 20 heavy (non-hydrogen) atoms. The van der Waals surface area contributed by atoms with E-state index in [0.29, 0.717) is 12.1 Å². The lowest BCUT2D eigenvalue weighted by Crippen LogP contribution is -2.38. The average Bonchev–Trinajstić information content (AvgIpc) is 2.46. The number of amides is 2. The molecule has 0 aromatic heterocycles. The van der Waals surface area contributed by atoms with Crippen molar-refractivity contribution >= 4 is 17.5 Å². The molecule has 1 heterocycles. The van der Waals surface area contributed by atoms with Crippen LogP contribution in [0.3, 0.4) is 0 Å². The number of likely N-dealkylation sites (N-methyl/N-ethyl adjacent to an activating group) is 2. The van der Waals surface area contributed by atoms with Gasteiger partial charge in [0.2, 0.25) is 5.91 Å². The number of carbonyl (C=O) groups is 2. The molecule has 1 aliphatic rings. The first-order valence-corrected chi connectivity index (χ1v) is 7.01. The number of carbonyl (C=O) groups excluding carboxylic acids is 2. The van der Waals surface area contributed by atoms with E-state index in [9.17, 15) is 9.59 Å². The molecule has 2 N–H and O–H groups in total. The summed E-state index contributed by atoms with van der Waals surface area (Å²) in [6, 6.07) is 5.76. The van der Waals surface area contributed by atoms with Crippen LogP contribution in [0.2, 0.25) is 0 Å². The maximum atomic E-state index is 12.5. The van der Waals surface area contributed by atoms with Crippen molar-refractivity contribution in [1.82, 2.24) is 10.2 Å². The number of fused-ring (bicyclic) bond motifs is 1. The van der Waals surface area contributed by atoms with E-state index in [1.54, 1.807) is 7.05 Å². The number of nitrogens with zero attached hydrogens (tertiary/aromatic N) is 1. The fraction of sp³-hybridized carbons (Fsp3) is 0.467. The minimum Gasteiger partial charge on any atom is -0.384 e.